The molecule has 0 aromatic rings. The average molecular weight is 489 g/mol. The molecule has 1 aliphatic carbocycles. The molecule has 0 aromatic carbocycles. The van der Waals surface area contributed by atoms with E-state index < -0.39 is 0 Å². The molecule has 0 aromatic heterocycles. The van der Waals surface area contributed by atoms with Crippen LogP contribution in [0.1, 0.15) is 44.9 Å². The van der Waals surface area contributed by atoms with Crippen LogP contribution in [0.3, 0.4) is 0 Å². The normalized spacial score (nSPS) is 22.4. The maximum absolute atomic E-state index is 10.2. The highest BCUT2D eigenvalue weighted by Crippen LogP contribution is 2.25. The van der Waals surface area contributed by atoms with Crippen LogP contribution in [0.15, 0.2) is 0 Å². The van der Waals surface area contributed by atoms with Crippen molar-refractivity contribution in [3.8, 4) is 0 Å². The lowest BCUT2D eigenvalue weighted by atomic mass is 10.0. The van der Waals surface area contributed by atoms with Crippen molar-refractivity contribution in [1.82, 2.24) is 0 Å². The van der Waals surface area contributed by atoms with E-state index in [0.29, 0.717) is 0 Å². The summed E-state index contributed by atoms with van der Waals surface area (Å²) in [5.74, 6) is 5.75. The molecule has 3 saturated heterocycles. The summed E-state index contributed by atoms with van der Waals surface area (Å²) in [6.07, 6.45) is 9.02. The number of thiocarbonyl (C=S) groups is 3. The molecular weight excluding hydrogens is 465 g/mol. The summed E-state index contributed by atoms with van der Waals surface area (Å²) in [6, 6.07) is 0. The molecule has 9 heteroatoms. The van der Waals surface area contributed by atoms with Crippen LogP contribution < -0.4 is 0 Å². The highest BCUT2D eigenvalue weighted by molar-refractivity contribution is 8.49. The van der Waals surface area contributed by atoms with Gasteiger partial charge in [0.2, 0.25) is 4.45 Å². The fourth-order valence-corrected chi connectivity index (χ4v) is 7.66. The first kappa shape index (κ1) is 24.7. The highest BCUT2D eigenvalue weighted by Gasteiger charge is 2.09. The quantitative estimate of drug-likeness (QED) is 0.319. The fraction of sp³-hybridized carbons (Fsp3) is 0.750. The lowest BCUT2D eigenvalue weighted by molar-refractivity contribution is 0.277. The van der Waals surface area contributed by atoms with Crippen LogP contribution in [0.25, 0.3) is 0 Å². The minimum absolute atomic E-state index is 0.287. The molecule has 0 N–H and O–H groups in total. The van der Waals surface area contributed by atoms with Crippen molar-refractivity contribution in [2.75, 3.05) is 28.8 Å². The van der Waals surface area contributed by atoms with Gasteiger partial charge in [-0.1, -0.05) is 66.6 Å². The van der Waals surface area contributed by atoms with E-state index in [0.717, 1.165) is 15.0 Å². The van der Waals surface area contributed by atoms with Crippen LogP contribution in [-0.4, -0.2) is 45.8 Å². The van der Waals surface area contributed by atoms with Gasteiger partial charge >= 0.3 is 0 Å². The Morgan fingerprint density at radius 3 is 1.36 bits per heavy atom. The first-order valence-corrected chi connectivity index (χ1v) is 14.5. The monoisotopic (exact) mass is 488 g/mol. The molecule has 0 unspecified atom stereocenters. The largest absolute Gasteiger partial charge is 0.274 e. The van der Waals surface area contributed by atoms with Crippen LogP contribution in [0, 0.1) is 0 Å². The van der Waals surface area contributed by atoms with Crippen LogP contribution in [0.4, 0.5) is 4.79 Å². The van der Waals surface area contributed by atoms with E-state index in [1.54, 1.807) is 23.5 Å². The Hall–Kier alpha value is 1.69. The molecule has 0 bridgehead atoms. The van der Waals surface area contributed by atoms with Gasteiger partial charge in [0.1, 0.15) is 3.53 Å². The molecule has 142 valence electrons. The third kappa shape index (κ3) is 15.3. The summed E-state index contributed by atoms with van der Waals surface area (Å²) in [5, 5.41) is 0. The summed E-state index contributed by atoms with van der Waals surface area (Å²) in [4.78, 5) is 11.5. The maximum Gasteiger partial charge on any atom is 0.246 e. The number of thioether (sulfide) groups is 5. The summed E-state index contributed by atoms with van der Waals surface area (Å²) in [7, 11) is 0. The van der Waals surface area contributed by atoms with Gasteiger partial charge in [-0.05, 0) is 49.1 Å². The molecule has 0 atom stereocenters. The second kappa shape index (κ2) is 16.6. The van der Waals surface area contributed by atoms with Gasteiger partial charge in [-0.3, -0.25) is 4.79 Å². The van der Waals surface area contributed by atoms with Crippen LogP contribution in [0.5, 0.6) is 0 Å². The number of carbonyl (C=O) groups excluding carboxylic acids is 1. The van der Waals surface area contributed by atoms with Gasteiger partial charge in [-0.25, -0.2) is 0 Å². The predicted octanol–water partition coefficient (Wildman–Crippen LogP) is 7.50. The van der Waals surface area contributed by atoms with Crippen molar-refractivity contribution >= 4 is 113 Å². The van der Waals surface area contributed by atoms with Gasteiger partial charge < -0.3 is 0 Å². The summed E-state index contributed by atoms with van der Waals surface area (Å²) >= 11 is 23.0. The summed E-state index contributed by atoms with van der Waals surface area (Å²) in [6.45, 7) is 0. The number of carbonyl (C=O) groups is 1. The van der Waals surface area contributed by atoms with Gasteiger partial charge in [-0.15, -0.1) is 35.3 Å². The van der Waals surface area contributed by atoms with E-state index in [9.17, 15) is 4.79 Å². The van der Waals surface area contributed by atoms with Crippen molar-refractivity contribution in [2.24, 2.45) is 0 Å². The smallest absolute Gasteiger partial charge is 0.246 e. The Kier molecular flexibility index (Phi) is 16.4. The van der Waals surface area contributed by atoms with Gasteiger partial charge in [0.05, 0.1) is 0 Å². The Bertz CT molecular complexity index is 372. The van der Waals surface area contributed by atoms with E-state index in [4.69, 9.17) is 36.7 Å². The second-order valence-corrected chi connectivity index (χ2v) is 13.6. The Morgan fingerprint density at radius 1 is 0.600 bits per heavy atom. The predicted molar refractivity (Wildman–Crippen MR) is 138 cm³/mol. The third-order valence-electron chi connectivity index (χ3n) is 3.25. The average Bonchev–Trinajstić information content (AvgIpc) is 3.36. The molecule has 0 amide bonds. The minimum Gasteiger partial charge on any atom is -0.274 e. The molecule has 3 aliphatic heterocycles. The van der Waals surface area contributed by atoms with Crippen LogP contribution in [-0.2, 0) is 0 Å². The standard InChI is InChI=1S/C6H10S.C4H6S2.C3H4OS2.C3H4S3/c7-6-4-2-1-3-5-6;5-4-2-1-3-6-4;2*4-3-5-1-2-6-3/h1-5H2;1-3H2;2*1-2H2. The van der Waals surface area contributed by atoms with Gasteiger partial charge in [0.15, 0.2) is 0 Å². The van der Waals surface area contributed by atoms with Gasteiger partial charge in [0, 0.05) is 27.2 Å². The van der Waals surface area contributed by atoms with E-state index >= 15 is 0 Å². The maximum atomic E-state index is 10.2. The number of rotatable bonds is 0. The molecule has 4 rings (SSSR count). The lowest BCUT2D eigenvalue weighted by Gasteiger charge is -2.08. The zero-order chi connectivity index (χ0) is 18.3. The molecule has 4 aliphatic rings. The van der Waals surface area contributed by atoms with Crippen molar-refractivity contribution < 1.29 is 4.79 Å². The molecule has 0 radical (unpaired) electrons. The molecule has 4 fully saturated rings. The third-order valence-corrected chi connectivity index (χ3v) is 10.4. The van der Waals surface area contributed by atoms with Crippen LogP contribution in [0.2, 0.25) is 0 Å². The number of hydrogen-bond acceptors (Lipinski definition) is 9. The number of hydrogen-bond donors (Lipinski definition) is 0. The van der Waals surface area contributed by atoms with Crippen molar-refractivity contribution in [3.05, 3.63) is 0 Å². The van der Waals surface area contributed by atoms with E-state index in [2.05, 4.69) is 0 Å². The van der Waals surface area contributed by atoms with E-state index in [1.807, 2.05) is 11.8 Å². The molecule has 1 nitrogen and oxygen atoms in total. The zero-order valence-electron chi connectivity index (χ0n) is 14.2. The first-order chi connectivity index (χ1) is 12.1. The molecule has 1 saturated carbocycles. The van der Waals surface area contributed by atoms with Crippen molar-refractivity contribution in [2.45, 2.75) is 44.9 Å². The second-order valence-electron chi connectivity index (χ2n) is 5.32. The lowest BCUT2D eigenvalue weighted by Crippen LogP contribution is -1.99. The van der Waals surface area contributed by atoms with Gasteiger partial charge in [0.25, 0.3) is 0 Å². The van der Waals surface area contributed by atoms with E-state index in [1.165, 1.54) is 94.8 Å². The topological polar surface area (TPSA) is 17.1 Å². The first-order valence-electron chi connectivity index (χ1n) is 8.34. The Balaban J connectivity index is 0.000000167. The fourth-order valence-electron chi connectivity index (χ4n) is 2.00. The highest BCUT2D eigenvalue weighted by atomic mass is 32.2. The minimum atomic E-state index is 0.287. The van der Waals surface area contributed by atoms with Gasteiger partial charge in [-0.2, -0.15) is 0 Å². The Labute approximate surface area is 189 Å². The SMILES string of the molecule is O=C1SCCS1.S=C1CCCCC1.S=C1CCCS1.S=C1SCCS1. The summed E-state index contributed by atoms with van der Waals surface area (Å²) < 4.78 is 2.61. The molecule has 3 heterocycles. The molecule has 0 spiro atoms. The molecular formula is C16H24OS8. The Morgan fingerprint density at radius 2 is 1.16 bits per heavy atom. The zero-order valence-corrected chi connectivity index (χ0v) is 20.7. The summed E-state index contributed by atoms with van der Waals surface area (Å²) in [5.41, 5.74) is 0. The molecule has 25 heavy (non-hydrogen) atoms. The van der Waals surface area contributed by atoms with Crippen LogP contribution >= 0.6 is 95.5 Å². The van der Waals surface area contributed by atoms with Crippen molar-refractivity contribution in [1.29, 1.82) is 0 Å². The van der Waals surface area contributed by atoms with Crippen molar-refractivity contribution in [3.63, 3.8) is 0 Å². The van der Waals surface area contributed by atoms with E-state index in [-0.39, 0.29) is 4.45 Å².